The van der Waals surface area contributed by atoms with E-state index in [0.717, 1.165) is 12.0 Å². The van der Waals surface area contributed by atoms with Crippen molar-refractivity contribution in [1.29, 1.82) is 0 Å². The Morgan fingerprint density at radius 3 is 3.06 bits per heavy atom. The summed E-state index contributed by atoms with van der Waals surface area (Å²) in [7, 11) is 0. The Hall–Kier alpha value is -1.61. The fourth-order valence-corrected chi connectivity index (χ4v) is 1.70. The highest BCUT2D eigenvalue weighted by molar-refractivity contribution is 5.94. The van der Waals surface area contributed by atoms with Crippen LogP contribution in [0.25, 0.3) is 0 Å². The van der Waals surface area contributed by atoms with Gasteiger partial charge in [-0.1, -0.05) is 12.1 Å². The largest absolute Gasteiger partial charge is 0.372 e. The van der Waals surface area contributed by atoms with E-state index < -0.39 is 0 Å². The lowest BCUT2D eigenvalue weighted by molar-refractivity contribution is 0.0954. The summed E-state index contributed by atoms with van der Waals surface area (Å²) in [5.74, 6) is -0.0310. The lowest BCUT2D eigenvalue weighted by Gasteiger charge is -2.05. The van der Waals surface area contributed by atoms with Crippen molar-refractivity contribution in [1.82, 2.24) is 5.32 Å². The molecule has 1 heterocycles. The Kier molecular flexibility index (Phi) is 3.37. The van der Waals surface area contributed by atoms with Crippen LogP contribution in [0.3, 0.4) is 0 Å². The van der Waals surface area contributed by atoms with Crippen molar-refractivity contribution >= 4 is 5.91 Å². The molecule has 0 bridgehead atoms. The van der Waals surface area contributed by atoms with Crippen molar-refractivity contribution in [3.05, 3.63) is 47.5 Å². The lowest BCUT2D eigenvalue weighted by Crippen LogP contribution is -2.24. The molecule has 3 nitrogen and oxygen atoms in total. The molecule has 0 saturated carbocycles. The first-order valence-electron chi connectivity index (χ1n) is 5.40. The van der Waals surface area contributed by atoms with Gasteiger partial charge in [-0.25, -0.2) is 0 Å². The molecule has 0 aliphatic carbocycles. The number of benzene rings is 1. The van der Waals surface area contributed by atoms with Crippen LogP contribution in [0.2, 0.25) is 0 Å². The van der Waals surface area contributed by atoms with Crippen molar-refractivity contribution in [3.63, 3.8) is 0 Å². The third kappa shape index (κ3) is 2.31. The number of ether oxygens (including phenoxy) is 1. The van der Waals surface area contributed by atoms with Crippen LogP contribution >= 0.6 is 0 Å². The quantitative estimate of drug-likeness (QED) is 0.619. The standard InChI is InChI=1S/C13H15NO2/c1-2-3-6-14-13(15)10-4-5-11-8-16-9-12(11)7-10/h2,4-5,7H,1,3,6,8-9H2,(H,14,15). The first-order chi connectivity index (χ1) is 7.81. The van der Waals surface area contributed by atoms with Gasteiger partial charge in [-0.15, -0.1) is 6.58 Å². The molecule has 0 radical (unpaired) electrons. The van der Waals surface area contributed by atoms with Crippen molar-refractivity contribution in [3.8, 4) is 0 Å². The van der Waals surface area contributed by atoms with Crippen LogP contribution in [0.15, 0.2) is 30.9 Å². The summed E-state index contributed by atoms with van der Waals surface area (Å²) in [6.45, 7) is 5.52. The van der Waals surface area contributed by atoms with Gasteiger partial charge in [0.25, 0.3) is 5.91 Å². The van der Waals surface area contributed by atoms with E-state index in [-0.39, 0.29) is 5.91 Å². The molecule has 0 atom stereocenters. The van der Waals surface area contributed by atoms with E-state index in [2.05, 4.69) is 11.9 Å². The van der Waals surface area contributed by atoms with E-state index in [1.807, 2.05) is 18.2 Å². The Morgan fingerprint density at radius 2 is 2.25 bits per heavy atom. The van der Waals surface area contributed by atoms with Gasteiger partial charge < -0.3 is 10.1 Å². The molecule has 1 aromatic carbocycles. The van der Waals surface area contributed by atoms with Crippen LogP contribution in [0, 0.1) is 0 Å². The van der Waals surface area contributed by atoms with Crippen LogP contribution in [-0.4, -0.2) is 12.5 Å². The fraction of sp³-hybridized carbons (Fsp3) is 0.308. The van der Waals surface area contributed by atoms with Crippen molar-refractivity contribution in [2.75, 3.05) is 6.54 Å². The Bertz CT molecular complexity index is 412. The molecule has 1 N–H and O–H groups in total. The second kappa shape index (κ2) is 4.94. The summed E-state index contributed by atoms with van der Waals surface area (Å²) in [5.41, 5.74) is 3.01. The zero-order chi connectivity index (χ0) is 11.4. The van der Waals surface area contributed by atoms with Crippen molar-refractivity contribution in [2.24, 2.45) is 0 Å². The molecule has 0 spiro atoms. The van der Waals surface area contributed by atoms with Gasteiger partial charge in [0.1, 0.15) is 0 Å². The molecular formula is C13H15NO2. The number of carbonyl (C=O) groups is 1. The second-order valence-corrected chi connectivity index (χ2v) is 3.81. The summed E-state index contributed by atoms with van der Waals surface area (Å²) >= 11 is 0. The predicted molar refractivity (Wildman–Crippen MR) is 62.1 cm³/mol. The van der Waals surface area contributed by atoms with Gasteiger partial charge in [0.2, 0.25) is 0 Å². The van der Waals surface area contributed by atoms with Crippen LogP contribution < -0.4 is 5.32 Å². The molecule has 0 fully saturated rings. The van der Waals surface area contributed by atoms with Gasteiger partial charge in [0.05, 0.1) is 13.2 Å². The third-order valence-electron chi connectivity index (χ3n) is 2.62. The lowest BCUT2D eigenvalue weighted by atomic mass is 10.1. The van der Waals surface area contributed by atoms with Crippen LogP contribution in [0.4, 0.5) is 0 Å². The molecule has 0 saturated heterocycles. The van der Waals surface area contributed by atoms with Gasteiger partial charge in [0.15, 0.2) is 0 Å². The zero-order valence-corrected chi connectivity index (χ0v) is 9.16. The maximum atomic E-state index is 11.7. The summed E-state index contributed by atoms with van der Waals surface area (Å²) < 4.78 is 5.30. The van der Waals surface area contributed by atoms with Gasteiger partial charge in [-0.05, 0) is 29.7 Å². The van der Waals surface area contributed by atoms with Crippen molar-refractivity contribution < 1.29 is 9.53 Å². The minimum Gasteiger partial charge on any atom is -0.372 e. The predicted octanol–water partition coefficient (Wildman–Crippen LogP) is 2.02. The first kappa shape index (κ1) is 10.9. The highest BCUT2D eigenvalue weighted by atomic mass is 16.5. The minimum atomic E-state index is -0.0310. The normalized spacial score (nSPS) is 13.2. The molecule has 1 aliphatic rings. The summed E-state index contributed by atoms with van der Waals surface area (Å²) in [5, 5.41) is 2.84. The molecule has 16 heavy (non-hydrogen) atoms. The molecule has 84 valence electrons. The Morgan fingerprint density at radius 1 is 1.44 bits per heavy atom. The maximum Gasteiger partial charge on any atom is 0.251 e. The monoisotopic (exact) mass is 217 g/mol. The van der Waals surface area contributed by atoms with E-state index in [0.29, 0.717) is 25.3 Å². The Balaban J connectivity index is 2.03. The molecule has 0 aromatic heterocycles. The second-order valence-electron chi connectivity index (χ2n) is 3.81. The topological polar surface area (TPSA) is 38.3 Å². The van der Waals surface area contributed by atoms with Gasteiger partial charge in [-0.2, -0.15) is 0 Å². The smallest absolute Gasteiger partial charge is 0.251 e. The van der Waals surface area contributed by atoms with Crippen molar-refractivity contribution in [2.45, 2.75) is 19.6 Å². The summed E-state index contributed by atoms with van der Waals surface area (Å²) in [6, 6.07) is 5.72. The number of hydrogen-bond acceptors (Lipinski definition) is 2. The summed E-state index contributed by atoms with van der Waals surface area (Å²) in [6.07, 6.45) is 2.58. The highest BCUT2D eigenvalue weighted by Crippen LogP contribution is 2.20. The molecule has 1 aromatic rings. The number of hydrogen-bond donors (Lipinski definition) is 1. The number of nitrogens with one attached hydrogen (secondary N) is 1. The minimum absolute atomic E-state index is 0.0310. The number of fused-ring (bicyclic) bond motifs is 1. The molecule has 1 amide bonds. The maximum absolute atomic E-state index is 11.7. The van der Waals surface area contributed by atoms with Crippen LogP contribution in [-0.2, 0) is 18.0 Å². The number of amides is 1. The van der Waals surface area contributed by atoms with E-state index in [1.165, 1.54) is 5.56 Å². The molecular weight excluding hydrogens is 202 g/mol. The van der Waals surface area contributed by atoms with Gasteiger partial charge in [0, 0.05) is 12.1 Å². The zero-order valence-electron chi connectivity index (χ0n) is 9.16. The SMILES string of the molecule is C=CCCNC(=O)c1ccc2c(c1)COC2. The Labute approximate surface area is 95.1 Å². The summed E-state index contributed by atoms with van der Waals surface area (Å²) in [4.78, 5) is 11.7. The van der Waals surface area contributed by atoms with E-state index in [1.54, 1.807) is 6.08 Å². The van der Waals surface area contributed by atoms with Gasteiger partial charge >= 0.3 is 0 Å². The average Bonchev–Trinajstić information content (AvgIpc) is 2.76. The average molecular weight is 217 g/mol. The molecule has 3 heteroatoms. The number of rotatable bonds is 4. The first-order valence-corrected chi connectivity index (χ1v) is 5.40. The number of carbonyl (C=O) groups excluding carboxylic acids is 1. The van der Waals surface area contributed by atoms with E-state index in [4.69, 9.17) is 4.74 Å². The fourth-order valence-electron chi connectivity index (χ4n) is 1.70. The molecule has 2 rings (SSSR count). The van der Waals surface area contributed by atoms with Crippen LogP contribution in [0.5, 0.6) is 0 Å². The highest BCUT2D eigenvalue weighted by Gasteiger charge is 2.13. The molecule has 1 aliphatic heterocycles. The van der Waals surface area contributed by atoms with Gasteiger partial charge in [-0.3, -0.25) is 4.79 Å². The van der Waals surface area contributed by atoms with E-state index in [9.17, 15) is 4.79 Å². The van der Waals surface area contributed by atoms with E-state index >= 15 is 0 Å². The third-order valence-corrected chi connectivity index (χ3v) is 2.62. The van der Waals surface area contributed by atoms with Crippen LogP contribution in [0.1, 0.15) is 27.9 Å². The molecule has 0 unspecified atom stereocenters.